The molecule has 0 aromatic heterocycles. The van der Waals surface area contributed by atoms with E-state index in [1.807, 2.05) is 0 Å². The number of hydrogen-bond donors (Lipinski definition) is 1. The molecule has 13 heavy (non-hydrogen) atoms. The highest BCUT2D eigenvalue weighted by molar-refractivity contribution is 5.48. The molecular weight excluding hydrogens is 162 g/mol. The molecule has 0 saturated heterocycles. The van der Waals surface area contributed by atoms with Gasteiger partial charge < -0.3 is 5.32 Å². The number of hydrogen-bond acceptors (Lipinski definition) is 1. The van der Waals surface area contributed by atoms with Crippen LogP contribution in [-0.2, 0) is 4.79 Å². The molecule has 1 N–H and O–H groups in total. The summed E-state index contributed by atoms with van der Waals surface area (Å²) in [5.41, 5.74) is 0.183. The van der Waals surface area contributed by atoms with Crippen molar-refractivity contribution < 1.29 is 4.79 Å². The average Bonchev–Trinajstić information content (AvgIpc) is 2.02. The van der Waals surface area contributed by atoms with E-state index in [1.54, 1.807) is 0 Å². The van der Waals surface area contributed by atoms with E-state index in [-0.39, 0.29) is 5.54 Å². The Morgan fingerprint density at radius 2 is 2.31 bits per heavy atom. The Bertz CT molecular complexity index is 200. The molecule has 74 valence electrons. The van der Waals surface area contributed by atoms with Gasteiger partial charge in [-0.1, -0.05) is 19.8 Å². The molecule has 0 radical (unpaired) electrons. The number of amides is 1. The molecule has 2 rings (SSSR count). The van der Waals surface area contributed by atoms with Crippen molar-refractivity contribution >= 4 is 6.41 Å². The largest absolute Gasteiger partial charge is 0.353 e. The van der Waals surface area contributed by atoms with Crippen LogP contribution in [0.1, 0.15) is 45.4 Å². The van der Waals surface area contributed by atoms with Gasteiger partial charge in [0.2, 0.25) is 6.41 Å². The van der Waals surface area contributed by atoms with Crippen LogP contribution in [0.25, 0.3) is 0 Å². The predicted molar refractivity (Wildman–Crippen MR) is 52.3 cm³/mol. The maximum atomic E-state index is 10.6. The maximum Gasteiger partial charge on any atom is 0.207 e. The van der Waals surface area contributed by atoms with Crippen LogP contribution in [0.3, 0.4) is 0 Å². The molecule has 0 aromatic rings. The molecule has 3 atom stereocenters. The third-order valence-corrected chi connectivity index (χ3v) is 3.79. The van der Waals surface area contributed by atoms with Gasteiger partial charge in [0.15, 0.2) is 0 Å². The number of fused-ring (bicyclic) bond motifs is 2. The van der Waals surface area contributed by atoms with E-state index in [2.05, 4.69) is 12.2 Å². The lowest BCUT2D eigenvalue weighted by molar-refractivity contribution is -0.112. The number of nitrogens with one attached hydrogen (secondary N) is 1. The van der Waals surface area contributed by atoms with Gasteiger partial charge in [0.25, 0.3) is 0 Å². The summed E-state index contributed by atoms with van der Waals surface area (Å²) in [6.45, 7) is 2.32. The quantitative estimate of drug-likeness (QED) is 0.649. The third kappa shape index (κ3) is 1.72. The summed E-state index contributed by atoms with van der Waals surface area (Å²) in [5, 5.41) is 3.08. The third-order valence-electron chi connectivity index (χ3n) is 3.79. The smallest absolute Gasteiger partial charge is 0.207 e. The zero-order chi connectivity index (χ0) is 9.31. The van der Waals surface area contributed by atoms with Gasteiger partial charge >= 0.3 is 0 Å². The molecule has 2 aliphatic rings. The number of carbonyl (C=O) groups is 1. The molecule has 0 heterocycles. The van der Waals surface area contributed by atoms with E-state index < -0.39 is 0 Å². The van der Waals surface area contributed by atoms with Crippen molar-refractivity contribution in [2.24, 2.45) is 11.8 Å². The lowest BCUT2D eigenvalue weighted by Gasteiger charge is -2.47. The number of rotatable bonds is 2. The van der Waals surface area contributed by atoms with Crippen LogP contribution >= 0.6 is 0 Å². The van der Waals surface area contributed by atoms with Crippen molar-refractivity contribution in [3.8, 4) is 0 Å². The van der Waals surface area contributed by atoms with Crippen molar-refractivity contribution in [3.05, 3.63) is 0 Å². The first-order valence-electron chi connectivity index (χ1n) is 5.45. The molecule has 0 spiro atoms. The average molecular weight is 181 g/mol. The van der Waals surface area contributed by atoms with Crippen LogP contribution in [-0.4, -0.2) is 11.9 Å². The van der Waals surface area contributed by atoms with E-state index in [1.165, 1.54) is 38.5 Å². The normalized spacial score (nSPS) is 44.1. The van der Waals surface area contributed by atoms with E-state index in [9.17, 15) is 4.79 Å². The van der Waals surface area contributed by atoms with Crippen LogP contribution in [0.4, 0.5) is 0 Å². The highest BCUT2D eigenvalue weighted by Gasteiger charge is 2.41. The van der Waals surface area contributed by atoms with Gasteiger partial charge in [-0.2, -0.15) is 0 Å². The zero-order valence-corrected chi connectivity index (χ0v) is 8.38. The van der Waals surface area contributed by atoms with E-state index in [0.717, 1.165) is 18.2 Å². The minimum absolute atomic E-state index is 0.183. The van der Waals surface area contributed by atoms with Gasteiger partial charge in [-0.3, -0.25) is 4.79 Å². The second kappa shape index (κ2) is 3.32. The lowest BCUT2D eigenvalue weighted by Crippen LogP contribution is -2.52. The van der Waals surface area contributed by atoms with Gasteiger partial charge in [0, 0.05) is 5.54 Å². The predicted octanol–water partition coefficient (Wildman–Crippen LogP) is 2.09. The highest BCUT2D eigenvalue weighted by atomic mass is 16.1. The maximum absolute atomic E-state index is 10.6. The topological polar surface area (TPSA) is 29.1 Å². The molecular formula is C11H19NO. The van der Waals surface area contributed by atoms with Crippen molar-refractivity contribution in [1.29, 1.82) is 0 Å². The fourth-order valence-electron chi connectivity index (χ4n) is 3.51. The van der Waals surface area contributed by atoms with E-state index >= 15 is 0 Å². The first kappa shape index (κ1) is 9.04. The van der Waals surface area contributed by atoms with E-state index in [0.29, 0.717) is 0 Å². The number of carbonyl (C=O) groups excluding carboxylic acids is 1. The zero-order valence-electron chi connectivity index (χ0n) is 8.38. The van der Waals surface area contributed by atoms with Gasteiger partial charge in [-0.25, -0.2) is 0 Å². The molecule has 2 heteroatoms. The summed E-state index contributed by atoms with van der Waals surface area (Å²) in [6, 6.07) is 0. The Morgan fingerprint density at radius 1 is 1.46 bits per heavy atom. The molecule has 2 aliphatic carbocycles. The van der Waals surface area contributed by atoms with Crippen LogP contribution in [0.15, 0.2) is 0 Å². The Labute approximate surface area is 80.1 Å². The molecule has 2 bridgehead atoms. The first-order chi connectivity index (χ1) is 6.24. The summed E-state index contributed by atoms with van der Waals surface area (Å²) >= 11 is 0. The van der Waals surface area contributed by atoms with Gasteiger partial charge in [0.1, 0.15) is 0 Å². The second-order valence-electron chi connectivity index (χ2n) is 5.05. The summed E-state index contributed by atoms with van der Waals surface area (Å²) in [7, 11) is 0. The van der Waals surface area contributed by atoms with Crippen LogP contribution < -0.4 is 5.32 Å². The van der Waals surface area contributed by atoms with Crippen LogP contribution in [0, 0.1) is 11.8 Å². The van der Waals surface area contributed by atoms with Crippen molar-refractivity contribution in [3.63, 3.8) is 0 Å². The molecule has 2 fully saturated rings. The molecule has 2 nitrogen and oxygen atoms in total. The minimum Gasteiger partial charge on any atom is -0.353 e. The molecule has 0 aliphatic heterocycles. The molecule has 2 saturated carbocycles. The summed E-state index contributed by atoms with van der Waals surface area (Å²) in [5.74, 6) is 1.68. The standard InChI is InChI=1S/C11H19NO/c1-9-5-10-3-2-4-11(6-9,7-10)12-8-13/h8-10H,2-7H2,1H3,(H,12,13). The fraction of sp³-hybridized carbons (Fsp3) is 0.909. The van der Waals surface area contributed by atoms with Crippen molar-refractivity contribution in [1.82, 2.24) is 5.32 Å². The monoisotopic (exact) mass is 181 g/mol. The summed E-state index contributed by atoms with van der Waals surface area (Å²) in [4.78, 5) is 10.6. The summed E-state index contributed by atoms with van der Waals surface area (Å²) in [6.07, 6.45) is 8.60. The highest BCUT2D eigenvalue weighted by Crippen LogP contribution is 2.44. The van der Waals surface area contributed by atoms with Crippen molar-refractivity contribution in [2.45, 2.75) is 51.0 Å². The van der Waals surface area contributed by atoms with Crippen LogP contribution in [0.2, 0.25) is 0 Å². The molecule has 3 unspecified atom stereocenters. The van der Waals surface area contributed by atoms with Crippen LogP contribution in [0.5, 0.6) is 0 Å². The Morgan fingerprint density at radius 3 is 3.08 bits per heavy atom. The summed E-state index contributed by atoms with van der Waals surface area (Å²) < 4.78 is 0. The van der Waals surface area contributed by atoms with Gasteiger partial charge in [-0.15, -0.1) is 0 Å². The minimum atomic E-state index is 0.183. The fourth-order valence-corrected chi connectivity index (χ4v) is 3.51. The van der Waals surface area contributed by atoms with E-state index in [4.69, 9.17) is 0 Å². The Hall–Kier alpha value is -0.530. The van der Waals surface area contributed by atoms with Gasteiger partial charge in [0.05, 0.1) is 0 Å². The second-order valence-corrected chi connectivity index (χ2v) is 5.05. The Balaban J connectivity index is 2.10. The SMILES string of the molecule is CC1CC2CCCC(NC=O)(C1)C2. The first-order valence-corrected chi connectivity index (χ1v) is 5.45. The Kier molecular flexibility index (Phi) is 2.31. The molecule has 1 amide bonds. The van der Waals surface area contributed by atoms with Gasteiger partial charge in [-0.05, 0) is 37.5 Å². The lowest BCUT2D eigenvalue weighted by atomic mass is 9.64. The molecule has 0 aromatic carbocycles. The van der Waals surface area contributed by atoms with Crippen molar-refractivity contribution in [2.75, 3.05) is 0 Å².